The summed E-state index contributed by atoms with van der Waals surface area (Å²) in [5, 5.41) is 7.01. The van der Waals surface area contributed by atoms with Crippen LogP contribution >= 0.6 is 0 Å². The number of hydrogen-bond donors (Lipinski definition) is 1. The highest BCUT2D eigenvalue weighted by Gasteiger charge is 2.20. The zero-order chi connectivity index (χ0) is 19.1. The van der Waals surface area contributed by atoms with E-state index in [9.17, 15) is 9.18 Å². The van der Waals surface area contributed by atoms with Crippen molar-refractivity contribution < 1.29 is 18.8 Å². The molecule has 1 saturated heterocycles. The normalized spacial score (nSPS) is 13.9. The minimum Gasteiger partial charge on any atom is -0.494 e. The molecule has 27 heavy (non-hydrogen) atoms. The summed E-state index contributed by atoms with van der Waals surface area (Å²) in [4.78, 5) is 19.4. The van der Waals surface area contributed by atoms with Gasteiger partial charge in [-0.05, 0) is 29.8 Å². The molecule has 0 unspecified atom stereocenters. The van der Waals surface area contributed by atoms with Crippen LogP contribution in [-0.4, -0.2) is 36.8 Å². The zero-order valence-corrected chi connectivity index (χ0v) is 15.2. The van der Waals surface area contributed by atoms with E-state index < -0.39 is 5.82 Å². The number of urea groups is 1. The second-order valence-electron chi connectivity index (χ2n) is 6.18. The van der Waals surface area contributed by atoms with Gasteiger partial charge in [0, 0.05) is 31.6 Å². The molecule has 7 heteroatoms. The summed E-state index contributed by atoms with van der Waals surface area (Å²) in [6.45, 7) is 1.35. The van der Waals surface area contributed by atoms with Gasteiger partial charge in [0.1, 0.15) is 6.61 Å². The Hall–Kier alpha value is -3.09. The fourth-order valence-corrected chi connectivity index (χ4v) is 2.78. The molecule has 3 rings (SSSR count). The molecule has 0 bridgehead atoms. The fraction of sp³-hybridized carbons (Fsp3) is 0.300. The molecule has 2 aromatic carbocycles. The van der Waals surface area contributed by atoms with Crippen LogP contribution in [0.5, 0.6) is 5.75 Å². The highest BCUT2D eigenvalue weighted by Crippen LogP contribution is 2.18. The Balaban J connectivity index is 1.44. The minimum atomic E-state index is -0.427. The van der Waals surface area contributed by atoms with Crippen molar-refractivity contribution in [1.82, 2.24) is 4.90 Å². The maximum Gasteiger partial charge on any atom is 0.321 e. The van der Waals surface area contributed by atoms with Crippen LogP contribution < -0.4 is 10.1 Å². The van der Waals surface area contributed by atoms with Gasteiger partial charge < -0.3 is 19.8 Å². The van der Waals surface area contributed by atoms with E-state index in [1.807, 2.05) is 30.3 Å². The Morgan fingerprint density at radius 1 is 1.19 bits per heavy atom. The van der Waals surface area contributed by atoms with Crippen molar-refractivity contribution in [3.8, 4) is 5.75 Å². The van der Waals surface area contributed by atoms with Gasteiger partial charge >= 0.3 is 6.03 Å². The number of anilines is 1. The lowest BCUT2D eigenvalue weighted by Crippen LogP contribution is -2.41. The summed E-state index contributed by atoms with van der Waals surface area (Å²) in [5.41, 5.74) is 2.35. The van der Waals surface area contributed by atoms with E-state index in [1.165, 1.54) is 13.2 Å². The van der Waals surface area contributed by atoms with E-state index in [4.69, 9.17) is 9.57 Å². The molecule has 1 aliphatic rings. The van der Waals surface area contributed by atoms with Crippen molar-refractivity contribution in [2.24, 2.45) is 5.16 Å². The summed E-state index contributed by atoms with van der Waals surface area (Å²) < 4.78 is 18.5. The Morgan fingerprint density at radius 2 is 1.93 bits per heavy atom. The topological polar surface area (TPSA) is 63.2 Å². The number of methoxy groups -OCH3 is 1. The standard InChI is InChI=1S/C20H22FN3O3/c1-26-19-8-7-15(13-18(19)21)14-27-23-17-9-11-24(12-10-17)20(25)22-16-5-3-2-4-6-16/h2-8,13H,9-12,14H2,1H3,(H,22,25). The minimum absolute atomic E-state index is 0.116. The van der Waals surface area contributed by atoms with Gasteiger partial charge in [-0.3, -0.25) is 0 Å². The molecule has 1 aliphatic heterocycles. The molecule has 0 spiro atoms. The van der Waals surface area contributed by atoms with E-state index in [-0.39, 0.29) is 18.4 Å². The van der Waals surface area contributed by atoms with Crippen LogP contribution in [0.2, 0.25) is 0 Å². The molecular formula is C20H22FN3O3. The first-order valence-electron chi connectivity index (χ1n) is 8.77. The molecule has 142 valence electrons. The van der Waals surface area contributed by atoms with Gasteiger partial charge in [-0.2, -0.15) is 0 Å². The number of likely N-dealkylation sites (tertiary alicyclic amines) is 1. The highest BCUT2D eigenvalue weighted by molar-refractivity contribution is 5.92. The van der Waals surface area contributed by atoms with Crippen LogP contribution in [0.3, 0.4) is 0 Å². The summed E-state index contributed by atoms with van der Waals surface area (Å²) >= 11 is 0. The summed E-state index contributed by atoms with van der Waals surface area (Å²) in [5.74, 6) is -0.227. The van der Waals surface area contributed by atoms with Gasteiger partial charge in [0.15, 0.2) is 11.6 Å². The fourth-order valence-electron chi connectivity index (χ4n) is 2.78. The van der Waals surface area contributed by atoms with Crippen molar-refractivity contribution in [3.05, 3.63) is 59.9 Å². The van der Waals surface area contributed by atoms with Gasteiger partial charge in [-0.25, -0.2) is 9.18 Å². The molecule has 1 fully saturated rings. The van der Waals surface area contributed by atoms with Gasteiger partial charge in [0.25, 0.3) is 0 Å². The van der Waals surface area contributed by atoms with Gasteiger partial charge in [-0.1, -0.05) is 29.4 Å². The molecule has 0 atom stereocenters. The number of carbonyl (C=O) groups is 1. The first-order valence-corrected chi connectivity index (χ1v) is 8.77. The van der Waals surface area contributed by atoms with E-state index >= 15 is 0 Å². The smallest absolute Gasteiger partial charge is 0.321 e. The van der Waals surface area contributed by atoms with Crippen molar-refractivity contribution >= 4 is 17.4 Å². The molecule has 0 aliphatic carbocycles. The Kier molecular flexibility index (Phi) is 6.25. The molecule has 0 radical (unpaired) electrons. The quantitative estimate of drug-likeness (QED) is 0.807. The first-order chi connectivity index (χ1) is 13.2. The highest BCUT2D eigenvalue weighted by atomic mass is 19.1. The number of rotatable bonds is 5. The second kappa shape index (κ2) is 9.02. The SMILES string of the molecule is COc1ccc(CON=C2CCN(C(=O)Nc3ccccc3)CC2)cc1F. The van der Waals surface area contributed by atoms with Crippen molar-refractivity contribution in [3.63, 3.8) is 0 Å². The number of ether oxygens (including phenoxy) is 1. The number of benzene rings is 2. The van der Waals surface area contributed by atoms with Crippen molar-refractivity contribution in [2.45, 2.75) is 19.4 Å². The number of para-hydroxylation sites is 1. The lowest BCUT2D eigenvalue weighted by molar-refractivity contribution is 0.127. The largest absolute Gasteiger partial charge is 0.494 e. The second-order valence-corrected chi connectivity index (χ2v) is 6.18. The number of piperidine rings is 1. The van der Waals surface area contributed by atoms with Crippen molar-refractivity contribution in [1.29, 1.82) is 0 Å². The number of amides is 2. The number of nitrogens with one attached hydrogen (secondary N) is 1. The molecule has 6 nitrogen and oxygen atoms in total. The van der Waals surface area contributed by atoms with Crippen molar-refractivity contribution in [2.75, 3.05) is 25.5 Å². The Labute approximate surface area is 157 Å². The Morgan fingerprint density at radius 3 is 2.59 bits per heavy atom. The zero-order valence-electron chi connectivity index (χ0n) is 15.2. The summed E-state index contributed by atoms with van der Waals surface area (Å²) in [6.07, 6.45) is 1.30. The Bertz CT molecular complexity index is 801. The lowest BCUT2D eigenvalue weighted by atomic mass is 10.1. The average molecular weight is 371 g/mol. The third kappa shape index (κ3) is 5.20. The number of nitrogens with zero attached hydrogens (tertiary/aromatic N) is 2. The predicted octanol–water partition coefficient (Wildman–Crippen LogP) is 4.03. The van der Waals surface area contributed by atoms with E-state index in [0.29, 0.717) is 31.5 Å². The molecule has 2 amide bonds. The molecular weight excluding hydrogens is 349 g/mol. The van der Waals surface area contributed by atoms with E-state index in [2.05, 4.69) is 10.5 Å². The third-order valence-corrected chi connectivity index (χ3v) is 4.29. The molecule has 1 heterocycles. The number of carbonyl (C=O) groups excluding carboxylic acids is 1. The summed E-state index contributed by atoms with van der Waals surface area (Å²) in [7, 11) is 1.42. The third-order valence-electron chi connectivity index (χ3n) is 4.29. The number of hydrogen-bond acceptors (Lipinski definition) is 4. The first kappa shape index (κ1) is 18.7. The molecule has 1 N–H and O–H groups in total. The van der Waals surface area contributed by atoms with Gasteiger partial charge in [0.2, 0.25) is 0 Å². The predicted molar refractivity (Wildman–Crippen MR) is 101 cm³/mol. The van der Waals surface area contributed by atoms with Gasteiger partial charge in [-0.15, -0.1) is 0 Å². The maximum absolute atomic E-state index is 13.6. The van der Waals surface area contributed by atoms with Crippen LogP contribution in [0.1, 0.15) is 18.4 Å². The molecule has 0 aromatic heterocycles. The average Bonchev–Trinajstić information content (AvgIpc) is 2.69. The van der Waals surface area contributed by atoms with E-state index in [0.717, 1.165) is 11.4 Å². The van der Waals surface area contributed by atoms with Crippen LogP contribution in [0.15, 0.2) is 53.7 Å². The van der Waals surface area contributed by atoms with E-state index in [1.54, 1.807) is 17.0 Å². The summed E-state index contributed by atoms with van der Waals surface area (Å²) in [6, 6.07) is 13.9. The number of halogens is 1. The van der Waals surface area contributed by atoms with Crippen LogP contribution in [-0.2, 0) is 11.4 Å². The molecule has 0 saturated carbocycles. The van der Waals surface area contributed by atoms with Crippen LogP contribution in [0, 0.1) is 5.82 Å². The monoisotopic (exact) mass is 371 g/mol. The lowest BCUT2D eigenvalue weighted by Gasteiger charge is -2.27. The molecule has 2 aromatic rings. The van der Waals surface area contributed by atoms with Gasteiger partial charge in [0.05, 0.1) is 12.8 Å². The van der Waals surface area contributed by atoms with Crippen LogP contribution in [0.25, 0.3) is 0 Å². The van der Waals surface area contributed by atoms with Crippen LogP contribution in [0.4, 0.5) is 14.9 Å². The number of oxime groups is 1. The maximum atomic E-state index is 13.6.